The van der Waals surface area contributed by atoms with Crippen molar-refractivity contribution in [3.05, 3.63) is 74.1 Å². The van der Waals surface area contributed by atoms with Gasteiger partial charge in [-0.05, 0) is 97.0 Å². The van der Waals surface area contributed by atoms with Crippen molar-refractivity contribution in [2.75, 3.05) is 0 Å². The molecule has 1 aromatic heterocycles. The molecule has 228 valence electrons. The quantitative estimate of drug-likeness (QED) is 0.400. The molecule has 1 aliphatic heterocycles. The topological polar surface area (TPSA) is 89.4 Å². The molecular weight excluding hydrogens is 526 g/mol. The summed E-state index contributed by atoms with van der Waals surface area (Å²) < 4.78 is 4.68. The van der Waals surface area contributed by atoms with E-state index < -0.39 is 18.2 Å². The summed E-state index contributed by atoms with van der Waals surface area (Å²) in [5.74, 6) is 2.39. The zero-order valence-electron chi connectivity index (χ0n) is 26.0. The van der Waals surface area contributed by atoms with Crippen molar-refractivity contribution >= 4 is 0 Å². The van der Waals surface area contributed by atoms with Crippen LogP contribution in [0.4, 0.5) is 0 Å². The Morgan fingerprint density at radius 1 is 0.976 bits per heavy atom. The van der Waals surface area contributed by atoms with Crippen LogP contribution in [0.1, 0.15) is 104 Å². The van der Waals surface area contributed by atoms with Crippen molar-refractivity contribution in [3.63, 3.8) is 0 Å². The number of benzene rings is 1. The van der Waals surface area contributed by atoms with Gasteiger partial charge in [0, 0.05) is 6.42 Å². The lowest BCUT2D eigenvalue weighted by molar-refractivity contribution is 0.0677. The molecule has 1 aromatic carbocycles. The van der Waals surface area contributed by atoms with Crippen LogP contribution in [0, 0.1) is 29.1 Å². The molecule has 0 radical (unpaired) electrons. The summed E-state index contributed by atoms with van der Waals surface area (Å²) in [5.41, 5.74) is 3.01. The Labute approximate surface area is 249 Å². The fourth-order valence-corrected chi connectivity index (χ4v) is 9.30. The molecule has 7 nitrogen and oxygen atoms in total. The van der Waals surface area contributed by atoms with Crippen LogP contribution in [0.15, 0.2) is 62.7 Å². The summed E-state index contributed by atoms with van der Waals surface area (Å²) >= 11 is 0. The highest BCUT2D eigenvalue weighted by atomic mass is 16.3. The van der Waals surface area contributed by atoms with Gasteiger partial charge in [-0.1, -0.05) is 71.2 Å². The van der Waals surface area contributed by atoms with Gasteiger partial charge in [-0.2, -0.15) is 0 Å². The second kappa shape index (κ2) is 11.1. The summed E-state index contributed by atoms with van der Waals surface area (Å²) in [4.78, 5) is 28.3. The summed E-state index contributed by atoms with van der Waals surface area (Å²) in [6.45, 7) is 11.5. The van der Waals surface area contributed by atoms with Gasteiger partial charge in [-0.25, -0.2) is 23.5 Å². The van der Waals surface area contributed by atoms with Gasteiger partial charge in [0.05, 0.1) is 30.0 Å². The minimum absolute atomic E-state index is 0.154. The van der Waals surface area contributed by atoms with Crippen LogP contribution in [0.3, 0.4) is 0 Å². The molecule has 0 spiro atoms. The number of hydrogen-bond acceptors (Lipinski definition) is 4. The molecule has 2 N–H and O–H groups in total. The molecule has 3 aliphatic carbocycles. The molecule has 2 heterocycles. The standard InChI is InChI=1S/C35H49N3O4/c1-21(2)10-9-11-22(3)28-14-15-29-27-20-31(26-18-25(39)19-32(40)23(26)4)38-34(42)36(24-12-7-6-8-13-24)33(41)37(38)30(27)16-17-35(28,29)5/h6-8,12-13,20-22,25,28-32,39-40H,9-11,14-19H2,1-5H3/t22-,25+,28+,29-,30-,31+,32-,35+/m0/s1. The third-order valence-corrected chi connectivity index (χ3v) is 11.5. The van der Waals surface area contributed by atoms with Crippen LogP contribution in [-0.4, -0.2) is 36.4 Å². The SMILES string of the molecule is CC1=C([C@H]2C=C3[C@H](CC[C@]4(C)[C@@H]([C@@H](C)CCCC(C)C)CC[C@@H]34)n3c(=O)n(-c4ccccc4)c(=O)n32)C[C@@H](O)C[C@@H]1O. The lowest BCUT2D eigenvalue weighted by Gasteiger charge is -2.49. The molecule has 0 bridgehead atoms. The van der Waals surface area contributed by atoms with E-state index in [-0.39, 0.29) is 22.8 Å². The largest absolute Gasteiger partial charge is 0.393 e. The highest BCUT2D eigenvalue weighted by Gasteiger charge is 2.55. The van der Waals surface area contributed by atoms with Crippen LogP contribution >= 0.6 is 0 Å². The first-order valence-corrected chi connectivity index (χ1v) is 16.3. The number of aromatic nitrogens is 3. The lowest BCUT2D eigenvalue weighted by atomic mass is 9.59. The first-order chi connectivity index (χ1) is 20.0. The summed E-state index contributed by atoms with van der Waals surface area (Å²) in [6.07, 6.45) is 9.50. The fourth-order valence-electron chi connectivity index (χ4n) is 9.30. The summed E-state index contributed by atoms with van der Waals surface area (Å²) in [6, 6.07) is 8.52. The van der Waals surface area contributed by atoms with E-state index in [1.807, 2.05) is 25.1 Å². The number of nitrogens with zero attached hydrogens (tertiary/aromatic N) is 3. The Balaban J connectivity index is 1.46. The van der Waals surface area contributed by atoms with Crippen molar-refractivity contribution < 1.29 is 10.2 Å². The average molecular weight is 576 g/mol. The molecule has 2 saturated carbocycles. The molecule has 2 fully saturated rings. The highest BCUT2D eigenvalue weighted by molar-refractivity contribution is 5.37. The third kappa shape index (κ3) is 4.71. The van der Waals surface area contributed by atoms with Gasteiger partial charge in [-0.3, -0.25) is 0 Å². The van der Waals surface area contributed by atoms with Crippen molar-refractivity contribution in [1.82, 2.24) is 13.9 Å². The maximum atomic E-state index is 14.2. The second-order valence-corrected chi connectivity index (χ2v) is 14.5. The second-order valence-electron chi connectivity index (χ2n) is 14.5. The van der Waals surface area contributed by atoms with Crippen LogP contribution < -0.4 is 11.4 Å². The third-order valence-electron chi connectivity index (χ3n) is 11.5. The first-order valence-electron chi connectivity index (χ1n) is 16.3. The van der Waals surface area contributed by atoms with Crippen LogP contribution in [0.25, 0.3) is 5.69 Å². The van der Waals surface area contributed by atoms with Crippen molar-refractivity contribution in [2.45, 2.75) is 117 Å². The van der Waals surface area contributed by atoms with Gasteiger partial charge >= 0.3 is 11.4 Å². The maximum Gasteiger partial charge on any atom is 0.352 e. The van der Waals surface area contributed by atoms with Gasteiger partial charge < -0.3 is 10.2 Å². The summed E-state index contributed by atoms with van der Waals surface area (Å²) in [7, 11) is 0. The molecule has 4 aliphatic rings. The Kier molecular flexibility index (Phi) is 7.80. The van der Waals surface area contributed by atoms with Gasteiger partial charge in [0.1, 0.15) is 0 Å². The number of allylic oxidation sites excluding steroid dienone is 2. The van der Waals surface area contributed by atoms with Crippen molar-refractivity contribution in [1.29, 1.82) is 0 Å². The zero-order chi connectivity index (χ0) is 29.9. The maximum absolute atomic E-state index is 14.2. The number of rotatable bonds is 7. The first kappa shape index (κ1) is 29.4. The minimum atomic E-state index is -0.758. The van der Waals surface area contributed by atoms with Crippen molar-refractivity contribution in [3.8, 4) is 5.69 Å². The van der Waals surface area contributed by atoms with E-state index in [1.54, 1.807) is 21.5 Å². The van der Waals surface area contributed by atoms with Crippen LogP contribution in [-0.2, 0) is 0 Å². The minimum Gasteiger partial charge on any atom is -0.393 e. The molecular formula is C35H49N3O4. The van der Waals surface area contributed by atoms with Gasteiger partial charge in [-0.15, -0.1) is 0 Å². The fraction of sp³-hybridized carbons (Fsp3) is 0.657. The van der Waals surface area contributed by atoms with Crippen LogP contribution in [0.2, 0.25) is 0 Å². The average Bonchev–Trinajstić information content (AvgIpc) is 3.44. The van der Waals surface area contributed by atoms with E-state index in [0.717, 1.165) is 36.3 Å². The molecule has 0 saturated heterocycles. The molecule has 42 heavy (non-hydrogen) atoms. The van der Waals surface area contributed by atoms with Gasteiger partial charge in [0.15, 0.2) is 0 Å². The molecule has 0 amide bonds. The van der Waals surface area contributed by atoms with Gasteiger partial charge in [0.25, 0.3) is 0 Å². The smallest absolute Gasteiger partial charge is 0.352 e. The van der Waals surface area contributed by atoms with Gasteiger partial charge in [0.2, 0.25) is 0 Å². The Hall–Kier alpha value is -2.64. The highest BCUT2D eigenvalue weighted by Crippen LogP contribution is 2.62. The van der Waals surface area contributed by atoms with E-state index in [9.17, 15) is 19.8 Å². The Morgan fingerprint density at radius 2 is 1.69 bits per heavy atom. The predicted octanol–water partition coefficient (Wildman–Crippen LogP) is 5.94. The molecule has 2 aromatic rings. The summed E-state index contributed by atoms with van der Waals surface area (Å²) in [5, 5.41) is 21.5. The molecule has 7 heteroatoms. The number of para-hydroxylation sites is 1. The molecule has 0 unspecified atom stereocenters. The monoisotopic (exact) mass is 575 g/mol. The van der Waals surface area contributed by atoms with E-state index in [2.05, 4.69) is 33.8 Å². The van der Waals surface area contributed by atoms with Crippen LogP contribution in [0.5, 0.6) is 0 Å². The molecule has 6 rings (SSSR count). The number of aliphatic hydroxyl groups is 2. The van der Waals surface area contributed by atoms with E-state index in [0.29, 0.717) is 36.3 Å². The lowest BCUT2D eigenvalue weighted by Crippen LogP contribution is -2.46. The Bertz CT molecular complexity index is 1490. The number of fused-ring (bicyclic) bond motifs is 5. The Morgan fingerprint density at radius 3 is 2.40 bits per heavy atom. The normalized spacial score (nSPS) is 33.3. The zero-order valence-corrected chi connectivity index (χ0v) is 26.0. The van der Waals surface area contributed by atoms with E-state index in [1.165, 1.54) is 35.8 Å². The predicted molar refractivity (Wildman–Crippen MR) is 166 cm³/mol. The van der Waals surface area contributed by atoms with E-state index in [4.69, 9.17) is 0 Å². The van der Waals surface area contributed by atoms with Crippen molar-refractivity contribution in [2.24, 2.45) is 29.1 Å². The molecule has 8 atom stereocenters. The number of aliphatic hydroxyl groups excluding tert-OH is 2. The van der Waals surface area contributed by atoms with E-state index >= 15 is 0 Å². The number of hydrogen-bond donors (Lipinski definition) is 2.